The molecule has 0 aliphatic rings. The predicted molar refractivity (Wildman–Crippen MR) is 67.7 cm³/mol. The van der Waals surface area contributed by atoms with Crippen molar-refractivity contribution in [1.29, 1.82) is 0 Å². The zero-order chi connectivity index (χ0) is 11.1. The minimum atomic E-state index is 0.389. The van der Waals surface area contributed by atoms with Gasteiger partial charge in [0.15, 0.2) is 0 Å². The molecule has 0 saturated carbocycles. The van der Waals surface area contributed by atoms with Crippen LogP contribution in [-0.4, -0.2) is 11.8 Å². The van der Waals surface area contributed by atoms with E-state index >= 15 is 0 Å². The van der Waals surface area contributed by atoms with E-state index in [0.717, 1.165) is 12.2 Å². The predicted octanol–water partition coefficient (Wildman–Crippen LogP) is 2.66. The topological polar surface area (TPSA) is 38.0 Å². The zero-order valence-electron chi connectivity index (χ0n) is 9.44. The molecule has 0 aliphatic heterocycles. The molecule has 1 rings (SSSR count). The molecule has 1 aromatic rings. The van der Waals surface area contributed by atoms with Crippen LogP contribution in [0.4, 0.5) is 0 Å². The summed E-state index contributed by atoms with van der Waals surface area (Å²) < 4.78 is 0. The lowest BCUT2D eigenvalue weighted by Crippen LogP contribution is -2.41. The van der Waals surface area contributed by atoms with Gasteiger partial charge in [0.2, 0.25) is 0 Å². The summed E-state index contributed by atoms with van der Waals surface area (Å²) >= 11 is 1.85. The summed E-state index contributed by atoms with van der Waals surface area (Å²) in [5, 5.41) is 0. The van der Waals surface area contributed by atoms with Gasteiger partial charge in [-0.15, -0.1) is 11.8 Å². The lowest BCUT2D eigenvalue weighted by molar-refractivity contribution is 0.403. The first-order chi connectivity index (χ1) is 7.27. The standard InChI is InChI=1S/C12H20N2S/c1-3-10(2)12(14-13)9-15-11-7-5-4-6-8-11/h4-8,10,12,14H,3,9,13H2,1-2H3. The molecule has 84 valence electrons. The normalized spacial score (nSPS) is 14.9. The van der Waals surface area contributed by atoms with Crippen molar-refractivity contribution in [2.45, 2.75) is 31.2 Å². The fourth-order valence-corrected chi connectivity index (χ4v) is 2.51. The highest BCUT2D eigenvalue weighted by Gasteiger charge is 2.13. The highest BCUT2D eigenvalue weighted by molar-refractivity contribution is 7.99. The van der Waals surface area contributed by atoms with Crippen molar-refractivity contribution in [3.8, 4) is 0 Å². The number of benzene rings is 1. The molecule has 0 radical (unpaired) electrons. The van der Waals surface area contributed by atoms with Crippen LogP contribution in [0.15, 0.2) is 35.2 Å². The van der Waals surface area contributed by atoms with Crippen molar-refractivity contribution in [1.82, 2.24) is 5.43 Å². The summed E-state index contributed by atoms with van der Waals surface area (Å²) in [5.41, 5.74) is 2.90. The molecular formula is C12H20N2S. The van der Waals surface area contributed by atoms with E-state index in [1.165, 1.54) is 4.90 Å². The number of hydrogen-bond donors (Lipinski definition) is 2. The monoisotopic (exact) mass is 224 g/mol. The Morgan fingerprint density at radius 3 is 2.53 bits per heavy atom. The van der Waals surface area contributed by atoms with Gasteiger partial charge < -0.3 is 0 Å². The summed E-state index contributed by atoms with van der Waals surface area (Å²) in [6.07, 6.45) is 1.16. The Morgan fingerprint density at radius 2 is 2.00 bits per heavy atom. The average Bonchev–Trinajstić information content (AvgIpc) is 2.31. The number of rotatable bonds is 6. The number of hydrazine groups is 1. The van der Waals surface area contributed by atoms with Gasteiger partial charge in [0.05, 0.1) is 0 Å². The van der Waals surface area contributed by atoms with Gasteiger partial charge in [-0.2, -0.15) is 0 Å². The van der Waals surface area contributed by atoms with Gasteiger partial charge in [0, 0.05) is 16.7 Å². The van der Waals surface area contributed by atoms with E-state index in [4.69, 9.17) is 5.84 Å². The molecule has 0 bridgehead atoms. The van der Waals surface area contributed by atoms with E-state index in [-0.39, 0.29) is 0 Å². The van der Waals surface area contributed by atoms with Gasteiger partial charge >= 0.3 is 0 Å². The molecule has 3 heteroatoms. The highest BCUT2D eigenvalue weighted by atomic mass is 32.2. The summed E-state index contributed by atoms with van der Waals surface area (Å²) in [6.45, 7) is 4.43. The van der Waals surface area contributed by atoms with Crippen molar-refractivity contribution >= 4 is 11.8 Å². The average molecular weight is 224 g/mol. The summed E-state index contributed by atoms with van der Waals surface area (Å²) in [5.74, 6) is 7.19. The zero-order valence-corrected chi connectivity index (χ0v) is 10.3. The molecule has 1 aromatic carbocycles. The van der Waals surface area contributed by atoms with Crippen LogP contribution in [0.25, 0.3) is 0 Å². The van der Waals surface area contributed by atoms with Crippen molar-refractivity contribution in [2.24, 2.45) is 11.8 Å². The molecule has 2 atom stereocenters. The Bertz CT molecular complexity index is 264. The van der Waals surface area contributed by atoms with Crippen molar-refractivity contribution in [3.05, 3.63) is 30.3 Å². The fourth-order valence-electron chi connectivity index (χ4n) is 1.36. The molecule has 0 spiro atoms. The van der Waals surface area contributed by atoms with E-state index in [2.05, 4.69) is 43.5 Å². The van der Waals surface area contributed by atoms with Gasteiger partial charge in [-0.05, 0) is 18.1 Å². The summed E-state index contributed by atoms with van der Waals surface area (Å²) in [6, 6.07) is 10.8. The smallest absolute Gasteiger partial charge is 0.0330 e. The second-order valence-electron chi connectivity index (χ2n) is 3.78. The summed E-state index contributed by atoms with van der Waals surface area (Å²) in [4.78, 5) is 1.31. The Balaban J connectivity index is 2.41. The Hall–Kier alpha value is -0.510. The number of nitrogens with one attached hydrogen (secondary N) is 1. The Kier molecular flexibility index (Phi) is 5.76. The van der Waals surface area contributed by atoms with Crippen LogP contribution in [-0.2, 0) is 0 Å². The first-order valence-electron chi connectivity index (χ1n) is 5.42. The third kappa shape index (κ3) is 4.24. The maximum Gasteiger partial charge on any atom is 0.0330 e. The summed E-state index contributed by atoms with van der Waals surface area (Å²) in [7, 11) is 0. The van der Waals surface area contributed by atoms with Gasteiger partial charge in [0.25, 0.3) is 0 Å². The minimum Gasteiger partial charge on any atom is -0.271 e. The van der Waals surface area contributed by atoms with Crippen molar-refractivity contribution in [2.75, 3.05) is 5.75 Å². The minimum absolute atomic E-state index is 0.389. The van der Waals surface area contributed by atoms with E-state index in [0.29, 0.717) is 12.0 Å². The van der Waals surface area contributed by atoms with Gasteiger partial charge in [0.1, 0.15) is 0 Å². The van der Waals surface area contributed by atoms with Crippen LogP contribution in [0.5, 0.6) is 0 Å². The lowest BCUT2D eigenvalue weighted by Gasteiger charge is -2.21. The largest absolute Gasteiger partial charge is 0.271 e. The molecule has 3 N–H and O–H groups in total. The molecule has 0 fully saturated rings. The van der Waals surface area contributed by atoms with E-state index in [1.807, 2.05) is 17.8 Å². The van der Waals surface area contributed by atoms with Crippen LogP contribution in [0.1, 0.15) is 20.3 Å². The molecule has 0 amide bonds. The first kappa shape index (κ1) is 12.6. The van der Waals surface area contributed by atoms with Crippen molar-refractivity contribution in [3.63, 3.8) is 0 Å². The van der Waals surface area contributed by atoms with Gasteiger partial charge in [-0.1, -0.05) is 38.5 Å². The molecule has 0 saturated heterocycles. The lowest BCUT2D eigenvalue weighted by atomic mass is 10.0. The molecule has 2 nitrogen and oxygen atoms in total. The fraction of sp³-hybridized carbons (Fsp3) is 0.500. The van der Waals surface area contributed by atoms with Crippen molar-refractivity contribution < 1.29 is 0 Å². The Labute approximate surface area is 96.6 Å². The van der Waals surface area contributed by atoms with Crippen LogP contribution >= 0.6 is 11.8 Å². The van der Waals surface area contributed by atoms with Crippen LogP contribution in [0.2, 0.25) is 0 Å². The van der Waals surface area contributed by atoms with Crippen LogP contribution < -0.4 is 11.3 Å². The van der Waals surface area contributed by atoms with Crippen LogP contribution in [0.3, 0.4) is 0 Å². The molecule has 0 heterocycles. The third-order valence-electron chi connectivity index (χ3n) is 2.72. The Morgan fingerprint density at radius 1 is 1.33 bits per heavy atom. The maximum atomic E-state index is 5.55. The molecular weight excluding hydrogens is 204 g/mol. The molecule has 0 aromatic heterocycles. The number of nitrogens with two attached hydrogens (primary N) is 1. The first-order valence-corrected chi connectivity index (χ1v) is 6.40. The molecule has 0 aliphatic carbocycles. The maximum absolute atomic E-state index is 5.55. The quantitative estimate of drug-likeness (QED) is 0.443. The van der Waals surface area contributed by atoms with Gasteiger partial charge in [-0.3, -0.25) is 11.3 Å². The highest BCUT2D eigenvalue weighted by Crippen LogP contribution is 2.20. The van der Waals surface area contributed by atoms with E-state index < -0.39 is 0 Å². The molecule has 15 heavy (non-hydrogen) atoms. The number of thioether (sulfide) groups is 1. The van der Waals surface area contributed by atoms with Crippen LogP contribution in [0, 0.1) is 5.92 Å². The second-order valence-corrected chi connectivity index (χ2v) is 4.88. The third-order valence-corrected chi connectivity index (χ3v) is 3.85. The van der Waals surface area contributed by atoms with Gasteiger partial charge in [-0.25, -0.2) is 0 Å². The van der Waals surface area contributed by atoms with E-state index in [1.54, 1.807) is 0 Å². The SMILES string of the molecule is CCC(C)C(CSc1ccccc1)NN. The molecule has 2 unspecified atom stereocenters. The number of hydrogen-bond acceptors (Lipinski definition) is 3. The van der Waals surface area contributed by atoms with E-state index in [9.17, 15) is 0 Å². The second kappa shape index (κ2) is 6.88.